The van der Waals surface area contributed by atoms with E-state index in [1.54, 1.807) is 11.3 Å². The number of rotatable bonds is 1. The first-order valence-electron chi connectivity index (χ1n) is 6.57. The third-order valence-corrected chi connectivity index (χ3v) is 4.76. The zero-order chi connectivity index (χ0) is 12.8. The van der Waals surface area contributed by atoms with Crippen LogP contribution in [-0.4, -0.2) is 31.0 Å². The Morgan fingerprint density at radius 3 is 2.83 bits per heavy atom. The molecule has 0 radical (unpaired) electrons. The van der Waals surface area contributed by atoms with E-state index in [1.165, 1.54) is 10.4 Å². The number of aryl methyl sites for hydroxylation is 1. The molecule has 0 saturated carbocycles. The Morgan fingerprint density at radius 1 is 1.39 bits per heavy atom. The van der Waals surface area contributed by atoms with Crippen LogP contribution in [0.5, 0.6) is 0 Å². The SMILES string of the molecule is Cc1cc(C2NCCOC23COC(C)(C)C3)cs1. The summed E-state index contributed by atoms with van der Waals surface area (Å²) >= 11 is 1.80. The summed E-state index contributed by atoms with van der Waals surface area (Å²) in [5, 5.41) is 5.87. The fourth-order valence-corrected chi connectivity index (χ4v) is 3.91. The van der Waals surface area contributed by atoms with Crippen LogP contribution in [0.25, 0.3) is 0 Å². The summed E-state index contributed by atoms with van der Waals surface area (Å²) in [6.07, 6.45) is 0.951. The molecule has 0 aliphatic carbocycles. The van der Waals surface area contributed by atoms with E-state index in [2.05, 4.69) is 37.5 Å². The number of thiophene rings is 1. The van der Waals surface area contributed by atoms with Gasteiger partial charge in [0.15, 0.2) is 0 Å². The van der Waals surface area contributed by atoms with Crippen LogP contribution in [0, 0.1) is 6.92 Å². The van der Waals surface area contributed by atoms with Crippen molar-refractivity contribution in [2.75, 3.05) is 19.8 Å². The molecule has 0 aromatic carbocycles. The summed E-state index contributed by atoms with van der Waals surface area (Å²) in [6.45, 7) is 8.83. The molecule has 3 nitrogen and oxygen atoms in total. The molecule has 2 atom stereocenters. The Kier molecular flexibility index (Phi) is 3.01. The monoisotopic (exact) mass is 267 g/mol. The first-order valence-corrected chi connectivity index (χ1v) is 7.45. The molecule has 4 heteroatoms. The van der Waals surface area contributed by atoms with Gasteiger partial charge in [-0.2, -0.15) is 0 Å². The lowest BCUT2D eigenvalue weighted by Crippen LogP contribution is -2.53. The van der Waals surface area contributed by atoms with Crippen molar-refractivity contribution in [1.82, 2.24) is 5.32 Å². The second-order valence-corrected chi connectivity index (χ2v) is 7.13. The number of ether oxygens (including phenoxy) is 2. The highest BCUT2D eigenvalue weighted by Gasteiger charge is 2.52. The van der Waals surface area contributed by atoms with Crippen LogP contribution in [-0.2, 0) is 9.47 Å². The van der Waals surface area contributed by atoms with Gasteiger partial charge < -0.3 is 14.8 Å². The molecule has 0 amide bonds. The van der Waals surface area contributed by atoms with Gasteiger partial charge in [-0.25, -0.2) is 0 Å². The summed E-state index contributed by atoms with van der Waals surface area (Å²) in [6, 6.07) is 2.53. The van der Waals surface area contributed by atoms with E-state index < -0.39 is 0 Å². The first-order chi connectivity index (χ1) is 8.51. The number of hydrogen-bond donors (Lipinski definition) is 1. The Hall–Kier alpha value is -0.420. The summed E-state index contributed by atoms with van der Waals surface area (Å²) < 4.78 is 12.1. The Labute approximate surface area is 112 Å². The van der Waals surface area contributed by atoms with E-state index in [9.17, 15) is 0 Å². The van der Waals surface area contributed by atoms with Crippen molar-refractivity contribution in [1.29, 1.82) is 0 Å². The van der Waals surface area contributed by atoms with E-state index in [0.29, 0.717) is 6.61 Å². The summed E-state index contributed by atoms with van der Waals surface area (Å²) in [4.78, 5) is 1.35. The van der Waals surface area contributed by atoms with Gasteiger partial charge in [0.2, 0.25) is 0 Å². The van der Waals surface area contributed by atoms with E-state index in [4.69, 9.17) is 9.47 Å². The summed E-state index contributed by atoms with van der Waals surface area (Å²) in [5.74, 6) is 0. The lowest BCUT2D eigenvalue weighted by molar-refractivity contribution is -0.0992. The highest BCUT2D eigenvalue weighted by atomic mass is 32.1. The molecule has 2 fully saturated rings. The Balaban J connectivity index is 1.91. The standard InChI is InChI=1S/C14H21NO2S/c1-10-6-11(7-18-10)12-14(16-5-4-15-12)8-13(2,3)17-9-14/h6-7,12,15H,4-5,8-9H2,1-3H3. The third-order valence-electron chi connectivity index (χ3n) is 3.88. The molecule has 1 spiro atoms. The van der Waals surface area contributed by atoms with Crippen molar-refractivity contribution in [2.24, 2.45) is 0 Å². The highest BCUT2D eigenvalue weighted by molar-refractivity contribution is 7.10. The molecular formula is C14H21NO2S. The van der Waals surface area contributed by atoms with Gasteiger partial charge in [0, 0.05) is 17.8 Å². The van der Waals surface area contributed by atoms with Gasteiger partial charge in [-0.15, -0.1) is 11.3 Å². The Bertz CT molecular complexity index is 443. The summed E-state index contributed by atoms with van der Waals surface area (Å²) in [7, 11) is 0. The Morgan fingerprint density at radius 2 is 2.22 bits per heavy atom. The van der Waals surface area contributed by atoms with Gasteiger partial charge in [0.1, 0.15) is 5.60 Å². The fourth-order valence-electron chi connectivity index (χ4n) is 3.18. The van der Waals surface area contributed by atoms with Crippen LogP contribution in [0.15, 0.2) is 11.4 Å². The maximum atomic E-state index is 6.16. The quantitative estimate of drug-likeness (QED) is 0.848. The molecule has 2 unspecified atom stereocenters. The topological polar surface area (TPSA) is 30.5 Å². The van der Waals surface area contributed by atoms with Crippen LogP contribution in [0.2, 0.25) is 0 Å². The number of nitrogens with one attached hydrogen (secondary N) is 1. The fraction of sp³-hybridized carbons (Fsp3) is 0.714. The average molecular weight is 267 g/mol. The minimum Gasteiger partial charge on any atom is -0.372 e. The number of morpholine rings is 1. The van der Waals surface area contributed by atoms with Crippen LogP contribution in [0.3, 0.4) is 0 Å². The van der Waals surface area contributed by atoms with Gasteiger partial charge in [-0.1, -0.05) is 0 Å². The van der Waals surface area contributed by atoms with Crippen molar-refractivity contribution in [3.8, 4) is 0 Å². The maximum absolute atomic E-state index is 6.16. The van der Waals surface area contributed by atoms with E-state index in [-0.39, 0.29) is 17.2 Å². The summed E-state index contributed by atoms with van der Waals surface area (Å²) in [5.41, 5.74) is 1.08. The van der Waals surface area contributed by atoms with Crippen molar-refractivity contribution in [3.63, 3.8) is 0 Å². The minimum atomic E-state index is -0.185. The predicted octanol–water partition coefficient (Wildman–Crippen LogP) is 2.66. The van der Waals surface area contributed by atoms with Crippen molar-refractivity contribution >= 4 is 11.3 Å². The van der Waals surface area contributed by atoms with E-state index >= 15 is 0 Å². The average Bonchev–Trinajstić information content (AvgIpc) is 2.85. The zero-order valence-electron chi connectivity index (χ0n) is 11.3. The number of hydrogen-bond acceptors (Lipinski definition) is 4. The molecular weight excluding hydrogens is 246 g/mol. The van der Waals surface area contributed by atoms with Crippen LogP contribution < -0.4 is 5.32 Å². The second-order valence-electron chi connectivity index (χ2n) is 6.02. The molecule has 2 aliphatic heterocycles. The molecule has 2 saturated heterocycles. The van der Waals surface area contributed by atoms with Crippen molar-refractivity contribution < 1.29 is 9.47 Å². The molecule has 1 aromatic heterocycles. The molecule has 3 rings (SSSR count). The van der Waals surface area contributed by atoms with Gasteiger partial charge in [-0.05, 0) is 37.8 Å². The normalized spacial score (nSPS) is 35.2. The van der Waals surface area contributed by atoms with Gasteiger partial charge >= 0.3 is 0 Å². The van der Waals surface area contributed by atoms with Crippen molar-refractivity contribution in [3.05, 3.63) is 21.9 Å². The van der Waals surface area contributed by atoms with Crippen LogP contribution in [0.4, 0.5) is 0 Å². The predicted molar refractivity (Wildman–Crippen MR) is 73.1 cm³/mol. The van der Waals surface area contributed by atoms with E-state index in [0.717, 1.165) is 19.6 Å². The minimum absolute atomic E-state index is 0.0810. The van der Waals surface area contributed by atoms with Crippen molar-refractivity contribution in [2.45, 2.75) is 44.4 Å². The first kappa shape index (κ1) is 12.6. The molecule has 100 valence electrons. The maximum Gasteiger partial charge on any atom is 0.114 e. The second kappa shape index (κ2) is 4.30. The molecule has 18 heavy (non-hydrogen) atoms. The zero-order valence-corrected chi connectivity index (χ0v) is 12.1. The lowest BCUT2D eigenvalue weighted by Gasteiger charge is -2.41. The lowest BCUT2D eigenvalue weighted by atomic mass is 9.83. The van der Waals surface area contributed by atoms with Crippen LogP contribution >= 0.6 is 11.3 Å². The molecule has 3 heterocycles. The highest BCUT2D eigenvalue weighted by Crippen LogP contribution is 2.45. The van der Waals surface area contributed by atoms with Gasteiger partial charge in [0.25, 0.3) is 0 Å². The molecule has 1 aromatic rings. The van der Waals surface area contributed by atoms with Crippen LogP contribution in [0.1, 0.15) is 36.8 Å². The molecule has 1 N–H and O–H groups in total. The third kappa shape index (κ3) is 2.11. The van der Waals surface area contributed by atoms with Gasteiger partial charge in [0.05, 0.1) is 24.9 Å². The molecule has 0 bridgehead atoms. The smallest absolute Gasteiger partial charge is 0.114 e. The van der Waals surface area contributed by atoms with Gasteiger partial charge in [-0.3, -0.25) is 0 Å². The molecule has 2 aliphatic rings. The largest absolute Gasteiger partial charge is 0.372 e. The van der Waals surface area contributed by atoms with E-state index in [1.807, 2.05) is 0 Å².